The monoisotopic (exact) mass is 273 g/mol. The summed E-state index contributed by atoms with van der Waals surface area (Å²) in [5.41, 5.74) is 2.01. The van der Waals surface area contributed by atoms with Gasteiger partial charge >= 0.3 is 0 Å². The number of ether oxygens (including phenoxy) is 1. The molecule has 0 bridgehead atoms. The fourth-order valence-electron chi connectivity index (χ4n) is 2.53. The molecule has 1 aromatic carbocycles. The first-order chi connectivity index (χ1) is 9.83. The molecule has 2 aromatic rings. The van der Waals surface area contributed by atoms with E-state index in [-0.39, 0.29) is 11.8 Å². The molecule has 1 saturated heterocycles. The highest BCUT2D eigenvalue weighted by Crippen LogP contribution is 2.14. The van der Waals surface area contributed by atoms with Crippen LogP contribution in [0.25, 0.3) is 11.0 Å². The number of aromatic amines is 1. The summed E-state index contributed by atoms with van der Waals surface area (Å²) in [5, 5.41) is 2.99. The lowest BCUT2D eigenvalue weighted by Gasteiger charge is -2.21. The molecule has 1 aliphatic heterocycles. The van der Waals surface area contributed by atoms with Crippen LogP contribution in [0, 0.1) is 5.92 Å². The standard InChI is InChI=1S/C15H19N3O2/c19-15(11-6-9-20-10-7-11)16-8-5-14-17-12-3-1-2-4-13(12)18-14/h1-4,11H,5-10H2,(H,16,19)(H,17,18). The summed E-state index contributed by atoms with van der Waals surface area (Å²) < 4.78 is 5.26. The normalized spacial score (nSPS) is 16.4. The summed E-state index contributed by atoms with van der Waals surface area (Å²) in [6.45, 7) is 2.01. The van der Waals surface area contributed by atoms with Crippen LogP contribution in [0.3, 0.4) is 0 Å². The van der Waals surface area contributed by atoms with E-state index < -0.39 is 0 Å². The molecule has 1 amide bonds. The molecule has 0 unspecified atom stereocenters. The molecule has 0 aliphatic carbocycles. The molecule has 1 fully saturated rings. The average Bonchev–Trinajstić information content (AvgIpc) is 2.90. The van der Waals surface area contributed by atoms with E-state index in [0.717, 1.165) is 36.1 Å². The van der Waals surface area contributed by atoms with Gasteiger partial charge in [0.05, 0.1) is 11.0 Å². The third-order valence-electron chi connectivity index (χ3n) is 3.69. The Balaban J connectivity index is 1.50. The average molecular weight is 273 g/mol. The number of hydrogen-bond acceptors (Lipinski definition) is 3. The molecule has 2 heterocycles. The van der Waals surface area contributed by atoms with Crippen molar-refractivity contribution in [3.8, 4) is 0 Å². The molecule has 2 N–H and O–H groups in total. The molecule has 0 spiro atoms. The van der Waals surface area contributed by atoms with Gasteiger partial charge in [0.25, 0.3) is 0 Å². The molecule has 5 nitrogen and oxygen atoms in total. The number of aromatic nitrogens is 2. The Morgan fingerprint density at radius 2 is 2.15 bits per heavy atom. The second-order valence-electron chi connectivity index (χ2n) is 5.13. The molecule has 20 heavy (non-hydrogen) atoms. The Morgan fingerprint density at radius 3 is 2.95 bits per heavy atom. The van der Waals surface area contributed by atoms with Crippen LogP contribution in [0.15, 0.2) is 24.3 Å². The highest BCUT2D eigenvalue weighted by Gasteiger charge is 2.20. The molecule has 0 radical (unpaired) electrons. The first-order valence-electron chi connectivity index (χ1n) is 7.12. The molecule has 1 aliphatic rings. The summed E-state index contributed by atoms with van der Waals surface area (Å²) in [7, 11) is 0. The fourth-order valence-corrected chi connectivity index (χ4v) is 2.53. The third kappa shape index (κ3) is 2.99. The second kappa shape index (κ2) is 6.05. The number of carbonyl (C=O) groups excluding carboxylic acids is 1. The van der Waals surface area contributed by atoms with Crippen LogP contribution in [0.1, 0.15) is 18.7 Å². The second-order valence-corrected chi connectivity index (χ2v) is 5.13. The molecule has 0 saturated carbocycles. The maximum Gasteiger partial charge on any atom is 0.223 e. The SMILES string of the molecule is O=C(NCCc1nc2ccccc2[nH]1)C1CCOCC1. The van der Waals surface area contributed by atoms with Crippen LogP contribution < -0.4 is 5.32 Å². The number of amides is 1. The van der Waals surface area contributed by atoms with Crippen molar-refractivity contribution < 1.29 is 9.53 Å². The summed E-state index contributed by atoms with van der Waals surface area (Å²) in [5.74, 6) is 1.17. The maximum absolute atomic E-state index is 12.0. The van der Waals surface area contributed by atoms with Crippen molar-refractivity contribution in [2.75, 3.05) is 19.8 Å². The zero-order valence-electron chi connectivity index (χ0n) is 11.4. The molecule has 5 heteroatoms. The number of hydrogen-bond donors (Lipinski definition) is 2. The minimum absolute atomic E-state index is 0.111. The van der Waals surface area contributed by atoms with E-state index >= 15 is 0 Å². The van der Waals surface area contributed by atoms with Crippen molar-refractivity contribution in [1.29, 1.82) is 0 Å². The van der Waals surface area contributed by atoms with E-state index in [1.54, 1.807) is 0 Å². The lowest BCUT2D eigenvalue weighted by atomic mass is 9.99. The zero-order valence-corrected chi connectivity index (χ0v) is 11.4. The van der Waals surface area contributed by atoms with Gasteiger partial charge in [-0.25, -0.2) is 4.98 Å². The van der Waals surface area contributed by atoms with Crippen LogP contribution >= 0.6 is 0 Å². The summed E-state index contributed by atoms with van der Waals surface area (Å²) >= 11 is 0. The van der Waals surface area contributed by atoms with Gasteiger partial charge in [-0.3, -0.25) is 4.79 Å². The largest absolute Gasteiger partial charge is 0.381 e. The molecule has 1 aromatic heterocycles. The highest BCUT2D eigenvalue weighted by molar-refractivity contribution is 5.78. The van der Waals surface area contributed by atoms with Gasteiger partial charge in [-0.1, -0.05) is 12.1 Å². The lowest BCUT2D eigenvalue weighted by Crippen LogP contribution is -2.35. The van der Waals surface area contributed by atoms with E-state index in [1.165, 1.54) is 0 Å². The van der Waals surface area contributed by atoms with Gasteiger partial charge in [-0.05, 0) is 25.0 Å². The van der Waals surface area contributed by atoms with Crippen molar-refractivity contribution in [3.63, 3.8) is 0 Å². The van der Waals surface area contributed by atoms with Gasteiger partial charge < -0.3 is 15.0 Å². The van der Waals surface area contributed by atoms with Crippen molar-refractivity contribution in [2.24, 2.45) is 5.92 Å². The summed E-state index contributed by atoms with van der Waals surface area (Å²) in [6, 6.07) is 7.94. The van der Waals surface area contributed by atoms with Crippen molar-refractivity contribution in [1.82, 2.24) is 15.3 Å². The smallest absolute Gasteiger partial charge is 0.223 e. The van der Waals surface area contributed by atoms with Crippen molar-refractivity contribution in [2.45, 2.75) is 19.3 Å². The minimum atomic E-state index is 0.111. The molecular formula is C15H19N3O2. The van der Waals surface area contributed by atoms with Crippen molar-refractivity contribution in [3.05, 3.63) is 30.1 Å². The van der Waals surface area contributed by atoms with E-state index in [9.17, 15) is 4.79 Å². The van der Waals surface area contributed by atoms with Crippen LogP contribution in [-0.2, 0) is 16.0 Å². The maximum atomic E-state index is 12.0. The fraction of sp³-hybridized carbons (Fsp3) is 0.467. The van der Waals surface area contributed by atoms with Gasteiger partial charge in [0, 0.05) is 32.1 Å². The Labute approximate surface area is 117 Å². The van der Waals surface area contributed by atoms with E-state index in [0.29, 0.717) is 19.8 Å². The van der Waals surface area contributed by atoms with Crippen LogP contribution in [0.2, 0.25) is 0 Å². The van der Waals surface area contributed by atoms with Crippen LogP contribution in [-0.4, -0.2) is 35.6 Å². The van der Waals surface area contributed by atoms with Gasteiger partial charge in [-0.15, -0.1) is 0 Å². The quantitative estimate of drug-likeness (QED) is 0.890. The van der Waals surface area contributed by atoms with Crippen LogP contribution in [0.4, 0.5) is 0 Å². The van der Waals surface area contributed by atoms with E-state index in [1.807, 2.05) is 24.3 Å². The minimum Gasteiger partial charge on any atom is -0.381 e. The van der Waals surface area contributed by atoms with Gasteiger partial charge in [-0.2, -0.15) is 0 Å². The molecular weight excluding hydrogens is 254 g/mol. The first-order valence-corrected chi connectivity index (χ1v) is 7.12. The Hall–Kier alpha value is -1.88. The number of nitrogens with zero attached hydrogens (tertiary/aromatic N) is 1. The Kier molecular flexibility index (Phi) is 3.97. The first kappa shape index (κ1) is 13.1. The number of carbonyl (C=O) groups is 1. The summed E-state index contributed by atoms with van der Waals surface area (Å²) in [4.78, 5) is 19.7. The van der Waals surface area contributed by atoms with Crippen molar-refractivity contribution >= 4 is 16.9 Å². The van der Waals surface area contributed by atoms with Gasteiger partial charge in [0.15, 0.2) is 0 Å². The van der Waals surface area contributed by atoms with Gasteiger partial charge in [0.2, 0.25) is 5.91 Å². The number of imidazole rings is 1. The highest BCUT2D eigenvalue weighted by atomic mass is 16.5. The number of H-pyrrole nitrogens is 1. The number of nitrogens with one attached hydrogen (secondary N) is 2. The third-order valence-corrected chi connectivity index (χ3v) is 3.69. The topological polar surface area (TPSA) is 67.0 Å². The van der Waals surface area contributed by atoms with E-state index in [2.05, 4.69) is 15.3 Å². The van der Waals surface area contributed by atoms with Crippen LogP contribution in [0.5, 0.6) is 0 Å². The Morgan fingerprint density at radius 1 is 1.35 bits per heavy atom. The molecule has 0 atom stereocenters. The number of benzene rings is 1. The van der Waals surface area contributed by atoms with E-state index in [4.69, 9.17) is 4.74 Å². The lowest BCUT2D eigenvalue weighted by molar-refractivity contribution is -0.127. The Bertz CT molecular complexity index is 555. The summed E-state index contributed by atoms with van der Waals surface area (Å²) in [6.07, 6.45) is 2.39. The predicted molar refractivity (Wildman–Crippen MR) is 76.4 cm³/mol. The van der Waals surface area contributed by atoms with Gasteiger partial charge in [0.1, 0.15) is 5.82 Å². The molecule has 106 valence electrons. The zero-order chi connectivity index (χ0) is 13.8. The predicted octanol–water partition coefficient (Wildman–Crippen LogP) is 1.65. The number of para-hydroxylation sites is 2. The number of rotatable bonds is 4. The molecule has 3 rings (SSSR count). The number of fused-ring (bicyclic) bond motifs is 1.